The van der Waals surface area contributed by atoms with Gasteiger partial charge >= 0.3 is 0 Å². The zero-order chi connectivity index (χ0) is 14.6. The molecule has 0 aromatic heterocycles. The molecule has 1 N–H and O–H groups in total. The topological polar surface area (TPSA) is 32.3 Å². The van der Waals surface area contributed by atoms with Gasteiger partial charge in [0, 0.05) is 13.1 Å². The van der Waals surface area contributed by atoms with Crippen LogP contribution in [0.1, 0.15) is 65.7 Å². The minimum atomic E-state index is 0.0902. The van der Waals surface area contributed by atoms with Crippen LogP contribution < -0.4 is 5.32 Å². The van der Waals surface area contributed by atoms with E-state index >= 15 is 0 Å². The summed E-state index contributed by atoms with van der Waals surface area (Å²) in [6, 6.07) is 0.0902. The van der Waals surface area contributed by atoms with Gasteiger partial charge in [0.1, 0.15) is 0 Å². The molecule has 2 fully saturated rings. The third-order valence-electron chi connectivity index (χ3n) is 4.97. The van der Waals surface area contributed by atoms with E-state index in [9.17, 15) is 4.79 Å². The molecule has 3 nitrogen and oxygen atoms in total. The average molecular weight is 280 g/mol. The molecular weight excluding hydrogens is 248 g/mol. The van der Waals surface area contributed by atoms with Crippen LogP contribution in [0.4, 0.5) is 0 Å². The zero-order valence-electron chi connectivity index (χ0n) is 13.6. The first-order chi connectivity index (χ1) is 9.56. The molecule has 0 radical (unpaired) electrons. The highest BCUT2D eigenvalue weighted by molar-refractivity contribution is 5.84. The van der Waals surface area contributed by atoms with Crippen molar-refractivity contribution >= 4 is 5.91 Å². The van der Waals surface area contributed by atoms with Crippen molar-refractivity contribution in [1.29, 1.82) is 0 Å². The molecule has 3 heteroatoms. The summed E-state index contributed by atoms with van der Waals surface area (Å²) in [5.41, 5.74) is 0.420. The third-order valence-corrected chi connectivity index (χ3v) is 4.97. The van der Waals surface area contributed by atoms with Gasteiger partial charge in [-0.2, -0.15) is 0 Å². The number of hydrogen-bond acceptors (Lipinski definition) is 2. The summed E-state index contributed by atoms with van der Waals surface area (Å²) in [5, 5.41) is 3.40. The van der Waals surface area contributed by atoms with Gasteiger partial charge < -0.3 is 10.2 Å². The lowest BCUT2D eigenvalue weighted by Crippen LogP contribution is -2.43. The Labute approximate surface area is 124 Å². The first-order valence-electron chi connectivity index (χ1n) is 8.58. The van der Waals surface area contributed by atoms with Crippen molar-refractivity contribution in [2.24, 2.45) is 11.3 Å². The smallest absolute Gasteiger partial charge is 0.239 e. The van der Waals surface area contributed by atoms with Crippen LogP contribution in [0.25, 0.3) is 0 Å². The fourth-order valence-corrected chi connectivity index (χ4v) is 4.23. The predicted octanol–water partition coefficient (Wildman–Crippen LogP) is 3.19. The molecule has 1 saturated heterocycles. The van der Waals surface area contributed by atoms with Crippen LogP contribution in [0.3, 0.4) is 0 Å². The summed E-state index contributed by atoms with van der Waals surface area (Å²) in [7, 11) is 0. The lowest BCUT2D eigenvalue weighted by molar-refractivity contribution is -0.131. The molecule has 0 bridgehead atoms. The molecule has 20 heavy (non-hydrogen) atoms. The van der Waals surface area contributed by atoms with Gasteiger partial charge in [0.25, 0.3) is 0 Å². The lowest BCUT2D eigenvalue weighted by atomic mass is 9.78. The number of rotatable bonds is 7. The molecule has 1 aliphatic carbocycles. The molecule has 1 heterocycles. The van der Waals surface area contributed by atoms with Crippen LogP contribution in [0, 0.1) is 11.3 Å². The molecule has 0 spiro atoms. The summed E-state index contributed by atoms with van der Waals surface area (Å²) in [6.45, 7) is 9.71. The molecule has 1 saturated carbocycles. The quantitative estimate of drug-likeness (QED) is 0.777. The van der Waals surface area contributed by atoms with E-state index in [0.29, 0.717) is 11.3 Å². The minimum absolute atomic E-state index is 0.0902. The van der Waals surface area contributed by atoms with Gasteiger partial charge in [0.15, 0.2) is 0 Å². The summed E-state index contributed by atoms with van der Waals surface area (Å²) in [5.74, 6) is 1.09. The Morgan fingerprint density at radius 3 is 2.65 bits per heavy atom. The fourth-order valence-electron chi connectivity index (χ4n) is 4.23. The van der Waals surface area contributed by atoms with E-state index < -0.39 is 0 Å². The molecule has 1 amide bonds. The summed E-state index contributed by atoms with van der Waals surface area (Å²) in [4.78, 5) is 14.6. The maximum absolute atomic E-state index is 12.5. The number of hydrogen-bond donors (Lipinski definition) is 1. The monoisotopic (exact) mass is 280 g/mol. The van der Waals surface area contributed by atoms with Crippen LogP contribution in [-0.4, -0.2) is 36.5 Å². The molecule has 116 valence electrons. The normalized spacial score (nSPS) is 25.9. The number of carbonyl (C=O) groups excluding carboxylic acids is 1. The highest BCUT2D eigenvalue weighted by Crippen LogP contribution is 2.44. The van der Waals surface area contributed by atoms with Gasteiger partial charge in [0.2, 0.25) is 5.91 Å². The maximum atomic E-state index is 12.5. The second kappa shape index (κ2) is 6.93. The van der Waals surface area contributed by atoms with Crippen LogP contribution in [0.15, 0.2) is 0 Å². The molecule has 1 aliphatic heterocycles. The number of likely N-dealkylation sites (tertiary alicyclic amines) is 1. The van der Waals surface area contributed by atoms with Crippen LogP contribution in [-0.2, 0) is 4.79 Å². The molecule has 2 rings (SSSR count). The average Bonchev–Trinajstić information content (AvgIpc) is 2.96. The SMILES string of the molecule is CCCNC1CCN(CC2(CC(C)C)CCCC2)C1=O. The van der Waals surface area contributed by atoms with Crippen molar-refractivity contribution in [3.63, 3.8) is 0 Å². The molecule has 0 aromatic carbocycles. The molecule has 0 aromatic rings. The Morgan fingerprint density at radius 1 is 1.35 bits per heavy atom. The van der Waals surface area contributed by atoms with E-state index in [1.165, 1.54) is 32.1 Å². The van der Waals surface area contributed by atoms with Crippen molar-refractivity contribution in [3.05, 3.63) is 0 Å². The molecule has 1 atom stereocenters. The maximum Gasteiger partial charge on any atom is 0.239 e. The number of nitrogens with one attached hydrogen (secondary N) is 1. The van der Waals surface area contributed by atoms with E-state index in [2.05, 4.69) is 31.0 Å². The second-order valence-electron chi connectivity index (χ2n) is 7.36. The summed E-state index contributed by atoms with van der Waals surface area (Å²) < 4.78 is 0. The van der Waals surface area contributed by atoms with E-state index in [-0.39, 0.29) is 6.04 Å². The molecular formula is C17H32N2O. The number of carbonyl (C=O) groups is 1. The summed E-state index contributed by atoms with van der Waals surface area (Å²) >= 11 is 0. The van der Waals surface area contributed by atoms with Gasteiger partial charge in [-0.3, -0.25) is 4.79 Å². The Balaban J connectivity index is 1.93. The highest BCUT2D eigenvalue weighted by Gasteiger charge is 2.40. The van der Waals surface area contributed by atoms with E-state index in [4.69, 9.17) is 0 Å². The Bertz CT molecular complexity index is 321. The number of amides is 1. The van der Waals surface area contributed by atoms with Gasteiger partial charge in [-0.05, 0) is 50.0 Å². The Hall–Kier alpha value is -0.570. The van der Waals surface area contributed by atoms with E-state index in [0.717, 1.165) is 38.4 Å². The third kappa shape index (κ3) is 3.75. The van der Waals surface area contributed by atoms with Crippen molar-refractivity contribution < 1.29 is 4.79 Å². The van der Waals surface area contributed by atoms with Gasteiger partial charge in [-0.25, -0.2) is 0 Å². The Morgan fingerprint density at radius 2 is 2.05 bits per heavy atom. The largest absolute Gasteiger partial charge is 0.341 e. The lowest BCUT2D eigenvalue weighted by Gasteiger charge is -2.35. The highest BCUT2D eigenvalue weighted by atomic mass is 16.2. The predicted molar refractivity (Wildman–Crippen MR) is 83.6 cm³/mol. The Kier molecular flexibility index (Phi) is 5.48. The standard InChI is InChI=1S/C17H32N2O/c1-4-10-18-15-7-11-19(16(15)20)13-17(12-14(2)3)8-5-6-9-17/h14-15,18H,4-13H2,1-3H3. The van der Waals surface area contributed by atoms with Crippen LogP contribution in [0.2, 0.25) is 0 Å². The van der Waals surface area contributed by atoms with Crippen molar-refractivity contribution in [2.75, 3.05) is 19.6 Å². The molecule has 1 unspecified atom stereocenters. The molecule has 2 aliphatic rings. The summed E-state index contributed by atoms with van der Waals surface area (Å²) in [6.07, 6.45) is 8.73. The van der Waals surface area contributed by atoms with Gasteiger partial charge in [0.05, 0.1) is 6.04 Å². The number of nitrogens with zero attached hydrogens (tertiary/aromatic N) is 1. The van der Waals surface area contributed by atoms with Gasteiger partial charge in [-0.1, -0.05) is 33.6 Å². The second-order valence-corrected chi connectivity index (χ2v) is 7.36. The van der Waals surface area contributed by atoms with E-state index in [1.54, 1.807) is 0 Å². The van der Waals surface area contributed by atoms with Crippen molar-refractivity contribution in [2.45, 2.75) is 71.8 Å². The first-order valence-corrected chi connectivity index (χ1v) is 8.58. The minimum Gasteiger partial charge on any atom is -0.341 e. The zero-order valence-corrected chi connectivity index (χ0v) is 13.6. The van der Waals surface area contributed by atoms with Crippen LogP contribution >= 0.6 is 0 Å². The fraction of sp³-hybridized carbons (Fsp3) is 0.941. The first kappa shape index (κ1) is 15.8. The van der Waals surface area contributed by atoms with E-state index in [1.807, 2.05) is 0 Å². The van der Waals surface area contributed by atoms with Crippen molar-refractivity contribution in [3.8, 4) is 0 Å². The van der Waals surface area contributed by atoms with Crippen LogP contribution in [0.5, 0.6) is 0 Å². The van der Waals surface area contributed by atoms with Gasteiger partial charge in [-0.15, -0.1) is 0 Å². The van der Waals surface area contributed by atoms with Crippen molar-refractivity contribution in [1.82, 2.24) is 10.2 Å².